The van der Waals surface area contributed by atoms with Gasteiger partial charge in [-0.1, -0.05) is 11.2 Å². The first-order valence-electron chi connectivity index (χ1n) is 5.53. The molecule has 1 heterocycles. The van der Waals surface area contributed by atoms with Gasteiger partial charge in [-0.3, -0.25) is 4.79 Å². The normalized spacial score (nSPS) is 11.4. The SMILES string of the molecule is Cc1ncc(C(=O)Nc2cccc(F)c2/C(N)=N/O)s1. The van der Waals surface area contributed by atoms with Gasteiger partial charge >= 0.3 is 0 Å². The minimum Gasteiger partial charge on any atom is -0.409 e. The highest BCUT2D eigenvalue weighted by Gasteiger charge is 2.16. The molecule has 20 heavy (non-hydrogen) atoms. The third-order valence-corrected chi connectivity index (χ3v) is 3.38. The summed E-state index contributed by atoms with van der Waals surface area (Å²) in [6.45, 7) is 1.77. The number of benzene rings is 1. The van der Waals surface area contributed by atoms with E-state index in [0.29, 0.717) is 4.88 Å². The van der Waals surface area contributed by atoms with Gasteiger partial charge in [0.25, 0.3) is 5.91 Å². The van der Waals surface area contributed by atoms with Crippen molar-refractivity contribution in [1.82, 2.24) is 4.98 Å². The molecule has 4 N–H and O–H groups in total. The number of rotatable bonds is 3. The molecule has 0 saturated heterocycles. The summed E-state index contributed by atoms with van der Waals surface area (Å²) in [5.74, 6) is -1.55. The van der Waals surface area contributed by atoms with Crippen LogP contribution in [0.2, 0.25) is 0 Å². The lowest BCUT2D eigenvalue weighted by molar-refractivity contribution is 0.103. The van der Waals surface area contributed by atoms with E-state index in [1.807, 2.05) is 0 Å². The van der Waals surface area contributed by atoms with E-state index < -0.39 is 17.6 Å². The van der Waals surface area contributed by atoms with Crippen LogP contribution in [0.5, 0.6) is 0 Å². The predicted octanol–water partition coefficient (Wildman–Crippen LogP) is 1.94. The van der Waals surface area contributed by atoms with Crippen LogP contribution >= 0.6 is 11.3 Å². The van der Waals surface area contributed by atoms with Crippen molar-refractivity contribution in [2.45, 2.75) is 6.92 Å². The van der Waals surface area contributed by atoms with Crippen LogP contribution in [0.25, 0.3) is 0 Å². The molecule has 0 spiro atoms. The second-order valence-corrected chi connectivity index (χ2v) is 5.08. The maximum Gasteiger partial charge on any atom is 0.267 e. The van der Waals surface area contributed by atoms with E-state index in [-0.39, 0.29) is 11.3 Å². The van der Waals surface area contributed by atoms with E-state index in [4.69, 9.17) is 10.9 Å². The van der Waals surface area contributed by atoms with Crippen LogP contribution in [0.15, 0.2) is 29.6 Å². The molecular weight excluding hydrogens is 283 g/mol. The molecule has 1 amide bonds. The molecule has 8 heteroatoms. The lowest BCUT2D eigenvalue weighted by Gasteiger charge is -2.10. The molecule has 0 aliphatic heterocycles. The smallest absolute Gasteiger partial charge is 0.267 e. The van der Waals surface area contributed by atoms with E-state index >= 15 is 0 Å². The summed E-state index contributed by atoms with van der Waals surface area (Å²) < 4.78 is 13.7. The zero-order valence-corrected chi connectivity index (χ0v) is 11.2. The quantitative estimate of drug-likeness (QED) is 0.348. The number of carbonyl (C=O) groups is 1. The minimum absolute atomic E-state index is 0.122. The Bertz CT molecular complexity index is 684. The topological polar surface area (TPSA) is 101 Å². The Morgan fingerprint density at radius 2 is 2.30 bits per heavy atom. The van der Waals surface area contributed by atoms with Gasteiger partial charge in [0.15, 0.2) is 5.84 Å². The van der Waals surface area contributed by atoms with Crippen molar-refractivity contribution in [3.8, 4) is 0 Å². The van der Waals surface area contributed by atoms with Gasteiger partial charge in [-0.25, -0.2) is 9.37 Å². The number of hydrogen-bond acceptors (Lipinski definition) is 5. The Labute approximate surface area is 117 Å². The summed E-state index contributed by atoms with van der Waals surface area (Å²) in [7, 11) is 0. The average molecular weight is 294 g/mol. The zero-order chi connectivity index (χ0) is 14.7. The maximum absolute atomic E-state index is 13.7. The first-order chi connectivity index (χ1) is 9.52. The Kier molecular flexibility index (Phi) is 3.94. The predicted molar refractivity (Wildman–Crippen MR) is 73.7 cm³/mol. The standard InChI is InChI=1S/C12H11FN4O2S/c1-6-15-5-9(20-6)12(18)16-8-4-2-3-7(13)10(8)11(14)17-19/h2-5,19H,1H3,(H2,14,17)(H,16,18). The monoisotopic (exact) mass is 294 g/mol. The summed E-state index contributed by atoms with van der Waals surface area (Å²) in [4.78, 5) is 16.3. The van der Waals surface area contributed by atoms with Crippen molar-refractivity contribution in [2.24, 2.45) is 10.9 Å². The Morgan fingerprint density at radius 1 is 1.55 bits per heavy atom. The van der Waals surface area contributed by atoms with Gasteiger partial charge in [-0.05, 0) is 19.1 Å². The number of anilines is 1. The number of aryl methyl sites for hydroxylation is 1. The molecule has 6 nitrogen and oxygen atoms in total. The molecule has 1 aromatic heterocycles. The van der Waals surface area contributed by atoms with Gasteiger partial charge in [0.2, 0.25) is 0 Å². The minimum atomic E-state index is -0.696. The van der Waals surface area contributed by atoms with Crippen molar-refractivity contribution in [3.63, 3.8) is 0 Å². The number of nitrogens with zero attached hydrogens (tertiary/aromatic N) is 2. The number of halogens is 1. The van der Waals surface area contributed by atoms with Crippen LogP contribution in [0.4, 0.5) is 10.1 Å². The van der Waals surface area contributed by atoms with Crippen LogP contribution in [-0.4, -0.2) is 21.9 Å². The molecule has 1 aromatic carbocycles. The number of oxime groups is 1. The highest BCUT2D eigenvalue weighted by atomic mass is 32.1. The average Bonchev–Trinajstić information content (AvgIpc) is 2.85. The van der Waals surface area contributed by atoms with Crippen LogP contribution in [-0.2, 0) is 0 Å². The number of thiazole rings is 1. The zero-order valence-electron chi connectivity index (χ0n) is 10.4. The van der Waals surface area contributed by atoms with E-state index in [0.717, 1.165) is 11.1 Å². The van der Waals surface area contributed by atoms with Gasteiger partial charge in [0, 0.05) is 0 Å². The number of amidine groups is 1. The molecule has 0 bridgehead atoms. The number of amides is 1. The van der Waals surface area contributed by atoms with E-state index in [1.54, 1.807) is 6.92 Å². The van der Waals surface area contributed by atoms with Crippen LogP contribution in [0.1, 0.15) is 20.2 Å². The highest BCUT2D eigenvalue weighted by Crippen LogP contribution is 2.21. The van der Waals surface area contributed by atoms with Crippen LogP contribution < -0.4 is 11.1 Å². The second-order valence-electron chi connectivity index (χ2n) is 3.85. The van der Waals surface area contributed by atoms with Gasteiger partial charge in [0.1, 0.15) is 10.7 Å². The Balaban J connectivity index is 2.34. The number of aromatic nitrogens is 1. The van der Waals surface area contributed by atoms with Crippen molar-refractivity contribution in [1.29, 1.82) is 0 Å². The fourth-order valence-electron chi connectivity index (χ4n) is 1.59. The molecule has 2 aromatic rings. The first-order valence-corrected chi connectivity index (χ1v) is 6.34. The number of hydrogen-bond donors (Lipinski definition) is 3. The van der Waals surface area contributed by atoms with Crippen LogP contribution in [0, 0.1) is 12.7 Å². The molecule has 2 rings (SSSR count). The summed E-state index contributed by atoms with van der Waals surface area (Å²) in [6.07, 6.45) is 1.43. The molecule has 0 aliphatic rings. The summed E-state index contributed by atoms with van der Waals surface area (Å²) in [5, 5.41) is 14.7. The summed E-state index contributed by atoms with van der Waals surface area (Å²) >= 11 is 1.21. The first kappa shape index (κ1) is 13.9. The largest absolute Gasteiger partial charge is 0.409 e. The third kappa shape index (κ3) is 2.75. The van der Waals surface area contributed by atoms with E-state index in [1.165, 1.54) is 29.7 Å². The number of nitrogens with one attached hydrogen (secondary N) is 1. The van der Waals surface area contributed by atoms with Gasteiger partial charge in [-0.15, -0.1) is 11.3 Å². The van der Waals surface area contributed by atoms with Gasteiger partial charge < -0.3 is 16.3 Å². The lowest BCUT2D eigenvalue weighted by atomic mass is 10.1. The lowest BCUT2D eigenvalue weighted by Crippen LogP contribution is -2.20. The number of carbonyl (C=O) groups excluding carboxylic acids is 1. The van der Waals surface area contributed by atoms with Gasteiger partial charge in [-0.2, -0.15) is 0 Å². The maximum atomic E-state index is 13.7. The molecule has 0 fully saturated rings. The highest BCUT2D eigenvalue weighted by molar-refractivity contribution is 7.13. The molecule has 0 radical (unpaired) electrons. The molecule has 104 valence electrons. The van der Waals surface area contributed by atoms with E-state index in [2.05, 4.69) is 15.5 Å². The fourth-order valence-corrected chi connectivity index (χ4v) is 2.26. The molecule has 0 aliphatic carbocycles. The number of nitrogens with two attached hydrogens (primary N) is 1. The van der Waals surface area contributed by atoms with E-state index in [9.17, 15) is 9.18 Å². The van der Waals surface area contributed by atoms with Crippen molar-refractivity contribution in [2.75, 3.05) is 5.32 Å². The second kappa shape index (κ2) is 5.66. The molecule has 0 unspecified atom stereocenters. The molecule has 0 saturated carbocycles. The van der Waals surface area contributed by atoms with Crippen LogP contribution in [0.3, 0.4) is 0 Å². The summed E-state index contributed by atoms with van der Waals surface area (Å²) in [5.41, 5.74) is 5.37. The Hall–Kier alpha value is -2.48. The molecule has 0 atom stereocenters. The van der Waals surface area contributed by atoms with Crippen molar-refractivity contribution >= 4 is 28.8 Å². The summed E-state index contributed by atoms with van der Waals surface area (Å²) in [6, 6.07) is 4.03. The Morgan fingerprint density at radius 3 is 2.90 bits per heavy atom. The fraction of sp³-hybridized carbons (Fsp3) is 0.0833. The van der Waals surface area contributed by atoms with Gasteiger partial charge in [0.05, 0.1) is 22.5 Å². The molecular formula is C12H11FN4O2S. The third-order valence-electron chi connectivity index (χ3n) is 2.47. The van der Waals surface area contributed by atoms with Crippen molar-refractivity contribution < 1.29 is 14.4 Å². The van der Waals surface area contributed by atoms with Crippen molar-refractivity contribution in [3.05, 3.63) is 45.7 Å².